The molecule has 0 aromatic rings. The summed E-state index contributed by atoms with van der Waals surface area (Å²) in [7, 11) is -9.44. The van der Waals surface area contributed by atoms with Crippen molar-refractivity contribution in [2.75, 3.05) is 13.2 Å². The minimum Gasteiger partial charge on any atom is -0.302 e. The number of hydrogen-bond donors (Lipinski definition) is 2. The lowest BCUT2D eigenvalue weighted by Crippen LogP contribution is -2.01. The zero-order valence-electron chi connectivity index (χ0n) is 21.7. The molecule has 0 aliphatic rings. The topological polar surface area (TPSA) is 102 Å². The molecule has 0 aliphatic heterocycles. The molecule has 0 aromatic heterocycles. The second-order valence-electron chi connectivity index (χ2n) is 8.90. The quantitative estimate of drug-likeness (QED) is 0.139. The molecular weight excluding hydrogens is 474 g/mol. The Balaban J connectivity index is 4.52. The molecule has 0 aromatic carbocycles. The summed E-state index contributed by atoms with van der Waals surface area (Å²) in [6.45, 7) is 15.7. The molecule has 0 spiro atoms. The summed E-state index contributed by atoms with van der Waals surface area (Å²) in [5.74, 6) is 0. The highest BCUT2D eigenvalue weighted by molar-refractivity contribution is 7.61. The highest BCUT2D eigenvalue weighted by Crippen LogP contribution is 2.61. The molecule has 0 amide bonds. The summed E-state index contributed by atoms with van der Waals surface area (Å²) in [5, 5.41) is 0. The Morgan fingerprint density at radius 3 is 1.65 bits per heavy atom. The summed E-state index contributed by atoms with van der Waals surface area (Å²) in [6.07, 6.45) is 14.8. The van der Waals surface area contributed by atoms with Crippen LogP contribution >= 0.6 is 15.6 Å². The van der Waals surface area contributed by atoms with Crippen LogP contribution in [0.2, 0.25) is 0 Å². The molecule has 0 bridgehead atoms. The van der Waals surface area contributed by atoms with Gasteiger partial charge in [-0.1, -0.05) is 52.2 Å². The predicted molar refractivity (Wildman–Crippen MR) is 140 cm³/mol. The van der Waals surface area contributed by atoms with E-state index in [4.69, 9.17) is 18.8 Å². The monoisotopic (exact) mass is 518 g/mol. The van der Waals surface area contributed by atoms with Gasteiger partial charge in [0.05, 0.1) is 13.2 Å². The van der Waals surface area contributed by atoms with Gasteiger partial charge >= 0.3 is 15.6 Å². The van der Waals surface area contributed by atoms with Crippen molar-refractivity contribution in [1.82, 2.24) is 0 Å². The molecular formula is C25H44O7P2. The summed E-state index contributed by atoms with van der Waals surface area (Å²) >= 11 is 0. The maximum absolute atomic E-state index is 12.5. The third kappa shape index (κ3) is 20.3. The van der Waals surface area contributed by atoms with Crippen LogP contribution in [0.25, 0.3) is 0 Å². The molecule has 1 unspecified atom stereocenters. The Labute approximate surface area is 206 Å². The van der Waals surface area contributed by atoms with E-state index in [1.54, 1.807) is 13.0 Å². The molecule has 0 saturated heterocycles. The van der Waals surface area contributed by atoms with Gasteiger partial charge in [0, 0.05) is 0 Å². The highest BCUT2D eigenvalue weighted by atomic mass is 31.3. The molecule has 0 radical (unpaired) electrons. The Bertz CT molecular complexity index is 843. The number of allylic oxidation sites excluding steroid dienone is 7. The van der Waals surface area contributed by atoms with Crippen LogP contribution in [-0.4, -0.2) is 23.0 Å². The van der Waals surface area contributed by atoms with E-state index in [1.165, 1.54) is 16.7 Å². The Hall–Kier alpha value is -1.04. The smallest absolute Gasteiger partial charge is 0.302 e. The molecule has 0 rings (SSSR count). The fraction of sp³-hybridized carbons (Fsp3) is 0.600. The van der Waals surface area contributed by atoms with Crippen LogP contribution in [0.3, 0.4) is 0 Å². The van der Waals surface area contributed by atoms with Gasteiger partial charge in [0.25, 0.3) is 0 Å². The first-order valence-electron chi connectivity index (χ1n) is 11.6. The maximum atomic E-state index is 12.5. The van der Waals surface area contributed by atoms with E-state index >= 15 is 0 Å². The van der Waals surface area contributed by atoms with Gasteiger partial charge < -0.3 is 9.79 Å². The van der Waals surface area contributed by atoms with Crippen molar-refractivity contribution >= 4 is 15.6 Å². The van der Waals surface area contributed by atoms with Crippen LogP contribution in [0.1, 0.15) is 86.5 Å². The molecule has 2 N–H and O–H groups in total. The lowest BCUT2D eigenvalue weighted by Gasteiger charge is -2.17. The molecule has 0 aliphatic carbocycles. The summed E-state index contributed by atoms with van der Waals surface area (Å²) in [5.41, 5.74) is 5.89. The maximum Gasteiger partial charge on any atom is 0.484 e. The second kappa shape index (κ2) is 17.4. The van der Waals surface area contributed by atoms with Crippen molar-refractivity contribution in [3.8, 4) is 0 Å². The molecule has 0 saturated carbocycles. The Kier molecular flexibility index (Phi) is 16.9. The Morgan fingerprint density at radius 2 is 1.21 bits per heavy atom. The van der Waals surface area contributed by atoms with Crippen molar-refractivity contribution in [1.29, 1.82) is 0 Å². The second-order valence-corrected chi connectivity index (χ2v) is 11.9. The van der Waals surface area contributed by atoms with Crippen molar-refractivity contribution < 1.29 is 32.3 Å². The molecule has 0 fully saturated rings. The first-order chi connectivity index (χ1) is 15.7. The average molecular weight is 519 g/mol. The number of phosphoric ester groups is 1. The van der Waals surface area contributed by atoms with Crippen LogP contribution in [0, 0.1) is 0 Å². The molecule has 0 heterocycles. The van der Waals surface area contributed by atoms with E-state index in [-0.39, 0.29) is 13.2 Å². The fourth-order valence-electron chi connectivity index (χ4n) is 2.80. The van der Waals surface area contributed by atoms with E-state index in [0.717, 1.165) is 49.7 Å². The molecule has 7 nitrogen and oxygen atoms in total. The van der Waals surface area contributed by atoms with Gasteiger partial charge in [-0.15, -0.1) is 6.58 Å². The highest BCUT2D eigenvalue weighted by Gasteiger charge is 2.35. The normalized spacial score (nSPS) is 15.2. The summed E-state index contributed by atoms with van der Waals surface area (Å²) < 4.78 is 38.0. The number of hydrogen-bond acceptors (Lipinski definition) is 5. The Morgan fingerprint density at radius 1 is 0.735 bits per heavy atom. The predicted octanol–water partition coefficient (Wildman–Crippen LogP) is 8.35. The first-order valence-corrected chi connectivity index (χ1v) is 14.6. The van der Waals surface area contributed by atoms with Crippen LogP contribution in [0.5, 0.6) is 0 Å². The SMILES string of the molecule is C=C(C)CCOP(=O)(OC/C=C(\C)CCC=C(C)CC/C=C(\C)CCC=C(C)C)OP(=O)(O)O. The van der Waals surface area contributed by atoms with E-state index in [1.807, 2.05) is 6.92 Å². The van der Waals surface area contributed by atoms with Crippen molar-refractivity contribution in [2.45, 2.75) is 86.5 Å². The van der Waals surface area contributed by atoms with E-state index < -0.39 is 15.6 Å². The third-order valence-corrected chi connectivity index (χ3v) is 7.42. The summed E-state index contributed by atoms with van der Waals surface area (Å²) in [4.78, 5) is 18.0. The van der Waals surface area contributed by atoms with Gasteiger partial charge in [0.2, 0.25) is 0 Å². The zero-order chi connectivity index (χ0) is 26.2. The average Bonchev–Trinajstić information content (AvgIpc) is 2.65. The van der Waals surface area contributed by atoms with Crippen molar-refractivity contribution in [2.24, 2.45) is 0 Å². The van der Waals surface area contributed by atoms with E-state index in [9.17, 15) is 9.13 Å². The van der Waals surface area contributed by atoms with Crippen molar-refractivity contribution in [3.05, 3.63) is 58.7 Å². The minimum absolute atomic E-state index is 0.0798. The van der Waals surface area contributed by atoms with Gasteiger partial charge in [-0.2, -0.15) is 4.31 Å². The largest absolute Gasteiger partial charge is 0.484 e. The first kappa shape index (κ1) is 33.0. The van der Waals surface area contributed by atoms with Gasteiger partial charge in [0.15, 0.2) is 0 Å². The van der Waals surface area contributed by atoms with E-state index in [0.29, 0.717) is 6.42 Å². The lowest BCUT2D eigenvalue weighted by molar-refractivity contribution is 0.150. The molecule has 196 valence electrons. The standard InChI is InChI=1S/C25H44O7P2/c1-21(2)11-8-12-23(5)13-9-14-24(6)15-10-16-25(7)18-20-31-34(29,32-33(26,27)28)30-19-17-22(3)4/h11,13,15,18H,3,8-10,12,14,16-17,19-20H2,1-2,4-7H3,(H2,26,27,28)/b23-13+,24-15?,25-18+. The van der Waals surface area contributed by atoms with Gasteiger partial charge in [0.1, 0.15) is 0 Å². The number of rotatable bonds is 18. The molecule has 34 heavy (non-hydrogen) atoms. The molecule has 9 heteroatoms. The van der Waals surface area contributed by atoms with Crippen LogP contribution in [0.15, 0.2) is 58.7 Å². The zero-order valence-corrected chi connectivity index (χ0v) is 23.5. The van der Waals surface area contributed by atoms with Gasteiger partial charge in [-0.05, 0) is 86.5 Å². The molecule has 1 atom stereocenters. The van der Waals surface area contributed by atoms with Crippen LogP contribution in [-0.2, 0) is 22.5 Å². The van der Waals surface area contributed by atoms with Gasteiger partial charge in [-0.25, -0.2) is 9.13 Å². The fourth-order valence-corrected chi connectivity index (χ4v) is 4.87. The van der Waals surface area contributed by atoms with Crippen molar-refractivity contribution in [3.63, 3.8) is 0 Å². The van der Waals surface area contributed by atoms with Crippen LogP contribution in [0.4, 0.5) is 0 Å². The van der Waals surface area contributed by atoms with Gasteiger partial charge in [-0.3, -0.25) is 9.05 Å². The minimum atomic E-state index is -5.04. The van der Waals surface area contributed by atoms with E-state index in [2.05, 4.69) is 56.8 Å². The summed E-state index contributed by atoms with van der Waals surface area (Å²) in [6, 6.07) is 0. The number of phosphoric acid groups is 2. The third-order valence-electron chi connectivity index (χ3n) is 4.80. The lowest BCUT2D eigenvalue weighted by atomic mass is 10.0. The van der Waals surface area contributed by atoms with Crippen LogP contribution < -0.4 is 0 Å².